The second kappa shape index (κ2) is 8.83. The smallest absolute Gasteiger partial charge is 0.305 e. The Morgan fingerprint density at radius 1 is 1.46 bits per heavy atom. The second-order valence-electron chi connectivity index (χ2n) is 5.63. The third kappa shape index (κ3) is 4.81. The van der Waals surface area contributed by atoms with Crippen LogP contribution in [0.2, 0.25) is 0 Å². The van der Waals surface area contributed by atoms with E-state index in [1.54, 1.807) is 6.08 Å². The third-order valence-electron chi connectivity index (χ3n) is 3.87. The summed E-state index contributed by atoms with van der Waals surface area (Å²) in [5.74, 6) is 0.626. The Morgan fingerprint density at radius 2 is 2.25 bits per heavy atom. The van der Waals surface area contributed by atoms with E-state index in [1.165, 1.54) is 7.11 Å². The highest BCUT2D eigenvalue weighted by Crippen LogP contribution is 2.33. The van der Waals surface area contributed by atoms with Crippen LogP contribution in [-0.4, -0.2) is 25.0 Å². The zero-order chi connectivity index (χ0) is 17.5. The molecule has 0 aliphatic heterocycles. The number of halogens is 1. The summed E-state index contributed by atoms with van der Waals surface area (Å²) < 4.78 is 11.6. The molecule has 2 rings (SSSR count). The highest BCUT2D eigenvalue weighted by molar-refractivity contribution is 9.10. The lowest BCUT2D eigenvalue weighted by Crippen LogP contribution is -2.14. The molecule has 0 spiro atoms. The molecule has 0 aromatic heterocycles. The van der Waals surface area contributed by atoms with Crippen LogP contribution in [0.3, 0.4) is 0 Å². The number of ketones is 1. The van der Waals surface area contributed by atoms with E-state index in [9.17, 15) is 9.59 Å². The fraction of sp³-hybridized carbons (Fsp3) is 0.368. The highest BCUT2D eigenvalue weighted by atomic mass is 79.9. The minimum atomic E-state index is -0.259. The van der Waals surface area contributed by atoms with E-state index in [1.807, 2.05) is 24.3 Å². The maximum atomic E-state index is 12.0. The van der Waals surface area contributed by atoms with Crippen LogP contribution in [0.1, 0.15) is 31.2 Å². The van der Waals surface area contributed by atoms with Gasteiger partial charge in [-0.15, -0.1) is 6.58 Å². The van der Waals surface area contributed by atoms with Crippen molar-refractivity contribution in [3.63, 3.8) is 0 Å². The number of allylic oxidation sites excluding steroid dienone is 2. The molecule has 0 N–H and O–H groups in total. The summed E-state index contributed by atoms with van der Waals surface area (Å²) >= 11 is 3.51. The molecule has 1 aliphatic carbocycles. The lowest BCUT2D eigenvalue weighted by molar-refractivity contribution is -0.140. The minimum absolute atomic E-state index is 0.110. The average molecular weight is 393 g/mol. The van der Waals surface area contributed by atoms with E-state index in [0.29, 0.717) is 32.1 Å². The van der Waals surface area contributed by atoms with Crippen LogP contribution in [0, 0.1) is 0 Å². The molecule has 128 valence electrons. The molecule has 5 heteroatoms. The zero-order valence-corrected chi connectivity index (χ0v) is 15.3. The molecule has 0 saturated carbocycles. The Morgan fingerprint density at radius 3 is 2.96 bits per heavy atom. The standard InChI is InChI=1S/C19H21BrO4/c1-3-6-14-11-15(12-17(14)21)24-19-13(7-4-9-16(19)20)8-5-10-18(22)23-2/h3-4,7,9,11,15H,1,5-6,8,10,12H2,2H3/t15-/m1/s1. The van der Waals surface area contributed by atoms with E-state index in [4.69, 9.17) is 4.74 Å². The third-order valence-corrected chi connectivity index (χ3v) is 4.49. The molecule has 1 aliphatic rings. The van der Waals surface area contributed by atoms with Gasteiger partial charge in [0.1, 0.15) is 11.9 Å². The SMILES string of the molecule is C=CCC1=C[C@@H](Oc2c(Br)cccc2CCCC(=O)OC)CC1=O. The summed E-state index contributed by atoms with van der Waals surface area (Å²) in [5.41, 5.74) is 1.76. The van der Waals surface area contributed by atoms with Crippen LogP contribution in [0.5, 0.6) is 5.75 Å². The van der Waals surface area contributed by atoms with Crippen molar-refractivity contribution in [3.8, 4) is 5.75 Å². The van der Waals surface area contributed by atoms with Gasteiger partial charge in [0.05, 0.1) is 18.0 Å². The van der Waals surface area contributed by atoms with Gasteiger partial charge in [-0.3, -0.25) is 9.59 Å². The van der Waals surface area contributed by atoms with Crippen molar-refractivity contribution in [2.24, 2.45) is 0 Å². The summed E-state index contributed by atoms with van der Waals surface area (Å²) in [7, 11) is 1.39. The molecular weight excluding hydrogens is 372 g/mol. The number of benzene rings is 1. The molecule has 24 heavy (non-hydrogen) atoms. The topological polar surface area (TPSA) is 52.6 Å². The normalized spacial score (nSPS) is 16.7. The highest BCUT2D eigenvalue weighted by Gasteiger charge is 2.25. The number of Topliss-reactive ketones (excluding diaryl/α,β-unsaturated/α-hetero) is 1. The second-order valence-corrected chi connectivity index (χ2v) is 6.48. The molecule has 0 unspecified atom stereocenters. The molecular formula is C19H21BrO4. The van der Waals surface area contributed by atoms with Gasteiger partial charge in [-0.2, -0.15) is 0 Å². The van der Waals surface area contributed by atoms with Gasteiger partial charge in [-0.05, 0) is 58.5 Å². The number of esters is 1. The molecule has 1 atom stereocenters. The Labute approximate surface area is 150 Å². The molecule has 0 heterocycles. The number of aryl methyl sites for hydroxylation is 1. The lowest BCUT2D eigenvalue weighted by atomic mass is 10.1. The zero-order valence-electron chi connectivity index (χ0n) is 13.7. The Hall–Kier alpha value is -1.88. The molecule has 4 nitrogen and oxygen atoms in total. The minimum Gasteiger partial charge on any atom is -0.484 e. The quantitative estimate of drug-likeness (QED) is 0.492. The Bertz CT molecular complexity index is 663. The molecule has 1 aromatic carbocycles. The van der Waals surface area contributed by atoms with Gasteiger partial charge in [0.25, 0.3) is 0 Å². The predicted molar refractivity (Wildman–Crippen MR) is 96.0 cm³/mol. The van der Waals surface area contributed by atoms with Gasteiger partial charge in [-0.1, -0.05) is 18.2 Å². The summed E-state index contributed by atoms with van der Waals surface area (Å²) in [6.45, 7) is 3.67. The van der Waals surface area contributed by atoms with Gasteiger partial charge in [0, 0.05) is 6.42 Å². The van der Waals surface area contributed by atoms with Crippen LogP contribution in [-0.2, 0) is 20.7 Å². The van der Waals surface area contributed by atoms with Crippen molar-refractivity contribution in [1.29, 1.82) is 0 Å². The van der Waals surface area contributed by atoms with Crippen molar-refractivity contribution in [2.75, 3.05) is 7.11 Å². The van der Waals surface area contributed by atoms with Gasteiger partial charge in [0.15, 0.2) is 5.78 Å². The first-order chi connectivity index (χ1) is 11.5. The number of methoxy groups -OCH3 is 1. The molecule has 0 fully saturated rings. The summed E-state index contributed by atoms with van der Waals surface area (Å²) in [6.07, 6.45) is 6.02. The fourth-order valence-electron chi connectivity index (χ4n) is 2.66. The largest absolute Gasteiger partial charge is 0.484 e. The first-order valence-electron chi connectivity index (χ1n) is 7.90. The molecule has 0 bridgehead atoms. The van der Waals surface area contributed by atoms with Crippen LogP contribution < -0.4 is 4.74 Å². The molecule has 0 amide bonds. The first kappa shape index (κ1) is 18.5. The molecule has 0 radical (unpaired) electrons. The fourth-order valence-corrected chi connectivity index (χ4v) is 3.16. The van der Waals surface area contributed by atoms with E-state index < -0.39 is 0 Å². The molecule has 1 aromatic rings. The van der Waals surface area contributed by atoms with Crippen molar-refractivity contribution in [3.05, 3.63) is 52.5 Å². The number of rotatable bonds is 8. The average Bonchev–Trinajstić information content (AvgIpc) is 2.90. The van der Waals surface area contributed by atoms with Gasteiger partial charge < -0.3 is 9.47 Å². The van der Waals surface area contributed by atoms with Crippen LogP contribution in [0.15, 0.2) is 47.0 Å². The Kier molecular flexibility index (Phi) is 6.79. The summed E-state index contributed by atoms with van der Waals surface area (Å²) in [4.78, 5) is 23.2. The maximum absolute atomic E-state index is 12.0. The van der Waals surface area contributed by atoms with Gasteiger partial charge in [-0.25, -0.2) is 0 Å². The maximum Gasteiger partial charge on any atom is 0.305 e. The van der Waals surface area contributed by atoms with E-state index in [2.05, 4.69) is 27.2 Å². The van der Waals surface area contributed by atoms with E-state index in [-0.39, 0.29) is 17.9 Å². The van der Waals surface area contributed by atoms with E-state index in [0.717, 1.165) is 21.4 Å². The predicted octanol–water partition coefficient (Wildman–Crippen LogP) is 4.17. The van der Waals surface area contributed by atoms with Crippen molar-refractivity contribution in [1.82, 2.24) is 0 Å². The number of carbonyl (C=O) groups excluding carboxylic acids is 2. The van der Waals surface area contributed by atoms with Crippen molar-refractivity contribution in [2.45, 2.75) is 38.2 Å². The number of para-hydroxylation sites is 1. The lowest BCUT2D eigenvalue weighted by Gasteiger charge is -2.16. The molecule has 0 saturated heterocycles. The van der Waals surface area contributed by atoms with Crippen molar-refractivity contribution < 1.29 is 19.1 Å². The summed E-state index contributed by atoms with van der Waals surface area (Å²) in [6, 6.07) is 5.82. The number of hydrogen-bond acceptors (Lipinski definition) is 4. The van der Waals surface area contributed by atoms with Crippen molar-refractivity contribution >= 4 is 27.7 Å². The monoisotopic (exact) mass is 392 g/mol. The number of carbonyl (C=O) groups is 2. The Balaban J connectivity index is 2.08. The van der Waals surface area contributed by atoms with Crippen LogP contribution in [0.4, 0.5) is 0 Å². The van der Waals surface area contributed by atoms with Crippen LogP contribution >= 0.6 is 15.9 Å². The van der Waals surface area contributed by atoms with Crippen LogP contribution in [0.25, 0.3) is 0 Å². The number of hydrogen-bond donors (Lipinski definition) is 0. The number of ether oxygens (including phenoxy) is 2. The van der Waals surface area contributed by atoms with Gasteiger partial charge >= 0.3 is 5.97 Å². The first-order valence-corrected chi connectivity index (χ1v) is 8.70. The van der Waals surface area contributed by atoms with E-state index >= 15 is 0 Å². The van der Waals surface area contributed by atoms with Gasteiger partial charge in [0.2, 0.25) is 0 Å². The summed E-state index contributed by atoms with van der Waals surface area (Å²) in [5, 5.41) is 0.